The summed E-state index contributed by atoms with van der Waals surface area (Å²) in [6.07, 6.45) is 1.67. The molecular formula is C12H16N3O. The lowest BCUT2D eigenvalue weighted by Gasteiger charge is -2.35. The van der Waals surface area contributed by atoms with Crippen LogP contribution < -0.4 is 0 Å². The maximum absolute atomic E-state index is 12.2. The van der Waals surface area contributed by atoms with Gasteiger partial charge >= 0.3 is 0 Å². The second-order valence-electron chi connectivity index (χ2n) is 5.06. The van der Waals surface area contributed by atoms with Gasteiger partial charge in [0.25, 0.3) is 0 Å². The van der Waals surface area contributed by atoms with Gasteiger partial charge in [0.05, 0.1) is 11.1 Å². The molecule has 4 heteroatoms. The summed E-state index contributed by atoms with van der Waals surface area (Å²) in [7, 11) is 0. The number of nitrogens with zero attached hydrogens (tertiary/aromatic N) is 3. The topological polar surface area (TPSA) is 48.4 Å². The van der Waals surface area contributed by atoms with Crippen molar-refractivity contribution in [3.63, 3.8) is 0 Å². The fraction of sp³-hybridized carbons (Fsp3) is 0.500. The third kappa shape index (κ3) is 1.41. The van der Waals surface area contributed by atoms with Crippen molar-refractivity contribution in [2.24, 2.45) is 4.99 Å². The molecule has 0 aliphatic carbocycles. The minimum atomic E-state index is -0.542. The van der Waals surface area contributed by atoms with Gasteiger partial charge in [-0.15, -0.1) is 0 Å². The lowest BCUT2D eigenvalue weighted by molar-refractivity contribution is -0.158. The predicted molar refractivity (Wildman–Crippen MR) is 61.5 cm³/mol. The van der Waals surface area contributed by atoms with E-state index in [1.807, 2.05) is 39.8 Å². The van der Waals surface area contributed by atoms with Crippen LogP contribution in [-0.2, 0) is 5.21 Å². The zero-order chi connectivity index (χ0) is 12.0. The number of hydrogen-bond donors (Lipinski definition) is 0. The minimum absolute atomic E-state index is 0.401. The monoisotopic (exact) mass is 218 g/mol. The zero-order valence-corrected chi connectivity index (χ0v) is 10.1. The Balaban J connectivity index is 2.46. The Hall–Kier alpha value is -1.42. The molecule has 0 aromatic carbocycles. The van der Waals surface area contributed by atoms with E-state index in [-0.39, 0.29) is 0 Å². The third-order valence-electron chi connectivity index (χ3n) is 3.48. The Morgan fingerprint density at radius 1 is 1.19 bits per heavy atom. The molecule has 16 heavy (non-hydrogen) atoms. The van der Waals surface area contributed by atoms with Gasteiger partial charge in [0.15, 0.2) is 5.84 Å². The van der Waals surface area contributed by atoms with Crippen molar-refractivity contribution in [2.45, 2.75) is 38.8 Å². The Morgan fingerprint density at radius 3 is 2.31 bits per heavy atom. The van der Waals surface area contributed by atoms with Crippen LogP contribution in [0, 0.1) is 0 Å². The molecule has 1 radical (unpaired) electrons. The van der Waals surface area contributed by atoms with E-state index in [9.17, 15) is 5.21 Å². The molecule has 0 bridgehead atoms. The highest BCUT2D eigenvalue weighted by molar-refractivity contribution is 5.98. The third-order valence-corrected chi connectivity index (χ3v) is 3.48. The number of aromatic nitrogens is 1. The second kappa shape index (κ2) is 3.28. The van der Waals surface area contributed by atoms with Crippen molar-refractivity contribution >= 4 is 5.84 Å². The molecule has 1 aliphatic rings. The molecule has 4 nitrogen and oxygen atoms in total. The van der Waals surface area contributed by atoms with Crippen molar-refractivity contribution in [3.05, 3.63) is 30.1 Å². The lowest BCUT2D eigenvalue weighted by atomic mass is 9.84. The lowest BCUT2D eigenvalue weighted by Crippen LogP contribution is -2.50. The average molecular weight is 218 g/mol. The van der Waals surface area contributed by atoms with Crippen LogP contribution in [0.15, 0.2) is 29.4 Å². The maximum Gasteiger partial charge on any atom is 0.178 e. The number of pyridine rings is 1. The fourth-order valence-corrected chi connectivity index (χ4v) is 1.62. The van der Waals surface area contributed by atoms with Crippen LogP contribution in [0.5, 0.6) is 0 Å². The van der Waals surface area contributed by atoms with Crippen molar-refractivity contribution in [2.75, 3.05) is 0 Å². The first-order valence-electron chi connectivity index (χ1n) is 5.35. The molecule has 2 rings (SSSR count). The van der Waals surface area contributed by atoms with Crippen LogP contribution in [0.4, 0.5) is 0 Å². The number of amidine groups is 1. The summed E-state index contributed by atoms with van der Waals surface area (Å²) in [6.45, 7) is 7.74. The maximum atomic E-state index is 12.2. The van der Waals surface area contributed by atoms with Crippen LogP contribution >= 0.6 is 0 Å². The van der Waals surface area contributed by atoms with Crippen molar-refractivity contribution < 1.29 is 5.21 Å². The molecule has 0 unspecified atom stereocenters. The van der Waals surface area contributed by atoms with Gasteiger partial charge in [0.1, 0.15) is 5.69 Å². The quantitative estimate of drug-likeness (QED) is 0.724. The molecule has 0 amide bonds. The summed E-state index contributed by atoms with van der Waals surface area (Å²) in [5.41, 5.74) is -0.308. The Kier molecular flexibility index (Phi) is 2.27. The van der Waals surface area contributed by atoms with Crippen LogP contribution in [0.1, 0.15) is 33.4 Å². The molecule has 1 aliphatic heterocycles. The van der Waals surface area contributed by atoms with Gasteiger partial charge in [-0.05, 0) is 39.8 Å². The Morgan fingerprint density at radius 2 is 1.88 bits per heavy atom. The molecule has 0 saturated heterocycles. The van der Waals surface area contributed by atoms with E-state index in [2.05, 4.69) is 9.98 Å². The normalized spacial score (nSPS) is 22.1. The molecular weight excluding hydrogens is 202 g/mol. The van der Waals surface area contributed by atoms with E-state index in [1.54, 1.807) is 12.3 Å². The van der Waals surface area contributed by atoms with Crippen LogP contribution in [0.2, 0.25) is 0 Å². The van der Waals surface area contributed by atoms with E-state index in [1.165, 1.54) is 0 Å². The summed E-state index contributed by atoms with van der Waals surface area (Å²) in [6, 6.07) is 5.49. The molecule has 85 valence electrons. The SMILES string of the molecule is CC1(C)N=C(c2ccccn2)N([O])C1(C)C. The summed E-state index contributed by atoms with van der Waals surface area (Å²) in [4.78, 5) is 8.66. The second-order valence-corrected chi connectivity index (χ2v) is 5.06. The molecule has 0 fully saturated rings. The van der Waals surface area contributed by atoms with Gasteiger partial charge in [-0.3, -0.25) is 9.98 Å². The van der Waals surface area contributed by atoms with Gasteiger partial charge in [0.2, 0.25) is 0 Å². The average Bonchev–Trinajstić information content (AvgIpc) is 2.40. The van der Waals surface area contributed by atoms with Crippen molar-refractivity contribution in [3.8, 4) is 0 Å². The summed E-state index contributed by atoms with van der Waals surface area (Å²) in [5, 5.41) is 13.2. The largest absolute Gasteiger partial charge is 0.256 e. The van der Waals surface area contributed by atoms with Gasteiger partial charge in [-0.1, -0.05) is 11.3 Å². The molecule has 0 saturated carbocycles. The number of hydrogen-bond acceptors (Lipinski definition) is 3. The van der Waals surface area contributed by atoms with Gasteiger partial charge < -0.3 is 0 Å². The van der Waals surface area contributed by atoms with Gasteiger partial charge in [0, 0.05) is 6.20 Å². The van der Waals surface area contributed by atoms with E-state index in [4.69, 9.17) is 0 Å². The van der Waals surface area contributed by atoms with Crippen LogP contribution in [-0.4, -0.2) is 27.0 Å². The molecule has 2 heterocycles. The first-order valence-corrected chi connectivity index (χ1v) is 5.35. The van der Waals surface area contributed by atoms with Gasteiger partial charge in [-0.25, -0.2) is 0 Å². The number of aliphatic imine (C=N–C) groups is 1. The number of rotatable bonds is 1. The fourth-order valence-electron chi connectivity index (χ4n) is 1.62. The standard InChI is InChI=1S/C12H16N3O/c1-11(2)12(3,4)15(16)10(14-11)9-7-5-6-8-13-9/h5-8H,1-4H3. The van der Waals surface area contributed by atoms with E-state index in [0.29, 0.717) is 11.5 Å². The Labute approximate surface area is 95.6 Å². The highest BCUT2D eigenvalue weighted by Crippen LogP contribution is 2.37. The first-order chi connectivity index (χ1) is 7.36. The van der Waals surface area contributed by atoms with E-state index >= 15 is 0 Å². The highest BCUT2D eigenvalue weighted by Gasteiger charge is 2.50. The molecule has 0 N–H and O–H groups in total. The molecule has 1 aromatic heterocycles. The molecule has 0 atom stereocenters. The molecule has 0 spiro atoms. The minimum Gasteiger partial charge on any atom is -0.256 e. The molecule has 1 aromatic rings. The van der Waals surface area contributed by atoms with E-state index in [0.717, 1.165) is 5.06 Å². The van der Waals surface area contributed by atoms with Crippen LogP contribution in [0.3, 0.4) is 0 Å². The van der Waals surface area contributed by atoms with E-state index < -0.39 is 11.1 Å². The Bertz CT molecular complexity index is 423. The van der Waals surface area contributed by atoms with Crippen LogP contribution in [0.25, 0.3) is 0 Å². The van der Waals surface area contributed by atoms with Gasteiger partial charge in [-0.2, -0.15) is 5.06 Å². The zero-order valence-electron chi connectivity index (χ0n) is 10.1. The van der Waals surface area contributed by atoms with Crippen molar-refractivity contribution in [1.82, 2.24) is 10.0 Å². The smallest absolute Gasteiger partial charge is 0.178 e. The summed E-state index contributed by atoms with van der Waals surface area (Å²) in [5.74, 6) is 0.426. The predicted octanol–water partition coefficient (Wildman–Crippen LogP) is 2.05. The first kappa shape index (κ1) is 11.1. The summed E-state index contributed by atoms with van der Waals surface area (Å²) < 4.78 is 0. The van der Waals surface area contributed by atoms with Crippen molar-refractivity contribution in [1.29, 1.82) is 0 Å². The number of hydroxylamine groups is 2. The summed E-state index contributed by atoms with van der Waals surface area (Å²) >= 11 is 0. The highest BCUT2D eigenvalue weighted by atomic mass is 16.5.